The highest BCUT2D eigenvalue weighted by Gasteiger charge is 2.17. The first-order valence-corrected chi connectivity index (χ1v) is 7.47. The van der Waals surface area contributed by atoms with E-state index in [1.165, 1.54) is 11.9 Å². The molecule has 0 fully saturated rings. The molecule has 0 heterocycles. The van der Waals surface area contributed by atoms with Crippen LogP contribution in [0.4, 0.5) is 10.5 Å². The van der Waals surface area contributed by atoms with Gasteiger partial charge >= 0.3 is 6.03 Å². The Hall–Kier alpha value is -2.77. The smallest absolute Gasteiger partial charge is 0.321 e. The Bertz CT molecular complexity index is 616. The van der Waals surface area contributed by atoms with Gasteiger partial charge in [0.15, 0.2) is 6.61 Å². The number of urea groups is 1. The predicted octanol–water partition coefficient (Wildman–Crippen LogP) is 0.718. The van der Waals surface area contributed by atoms with Gasteiger partial charge in [0.05, 0.1) is 5.69 Å². The van der Waals surface area contributed by atoms with E-state index in [4.69, 9.17) is 4.74 Å². The van der Waals surface area contributed by atoms with Gasteiger partial charge in [-0.3, -0.25) is 14.9 Å². The SMILES string of the molecule is CNC(=O)NC(=O)[C@H](C)Nc1ccc(C)cc1OCC(=O)N(C)C. The zero-order valence-electron chi connectivity index (χ0n) is 14.6. The third-order valence-corrected chi connectivity index (χ3v) is 3.22. The number of ether oxygens (including phenoxy) is 1. The Morgan fingerprint density at radius 1 is 1.25 bits per heavy atom. The number of carbonyl (C=O) groups excluding carboxylic acids is 3. The monoisotopic (exact) mass is 336 g/mol. The lowest BCUT2D eigenvalue weighted by Gasteiger charge is -2.19. The van der Waals surface area contributed by atoms with Gasteiger partial charge in [-0.2, -0.15) is 0 Å². The van der Waals surface area contributed by atoms with E-state index < -0.39 is 18.0 Å². The van der Waals surface area contributed by atoms with E-state index in [-0.39, 0.29) is 12.5 Å². The number of carbonyl (C=O) groups is 3. The molecule has 8 nitrogen and oxygen atoms in total. The lowest BCUT2D eigenvalue weighted by molar-refractivity contribution is -0.130. The van der Waals surface area contributed by atoms with Gasteiger partial charge in [0.2, 0.25) is 5.91 Å². The molecule has 0 aliphatic heterocycles. The minimum Gasteiger partial charge on any atom is -0.482 e. The summed E-state index contributed by atoms with van der Waals surface area (Å²) in [5, 5.41) is 7.48. The van der Waals surface area contributed by atoms with Crippen molar-refractivity contribution < 1.29 is 19.1 Å². The molecule has 4 amide bonds. The molecular weight excluding hydrogens is 312 g/mol. The summed E-state index contributed by atoms with van der Waals surface area (Å²) in [6.45, 7) is 3.41. The van der Waals surface area contributed by atoms with Crippen LogP contribution in [0.25, 0.3) is 0 Å². The third-order valence-electron chi connectivity index (χ3n) is 3.22. The molecule has 132 valence electrons. The van der Waals surface area contributed by atoms with Crippen molar-refractivity contribution in [3.63, 3.8) is 0 Å². The quantitative estimate of drug-likeness (QED) is 0.711. The second-order valence-electron chi connectivity index (χ2n) is 5.51. The first kappa shape index (κ1) is 19.3. The molecular formula is C16H24N4O4. The molecule has 1 rings (SSSR count). The lowest BCUT2D eigenvalue weighted by Crippen LogP contribution is -2.44. The summed E-state index contributed by atoms with van der Waals surface area (Å²) in [6, 6.07) is 4.14. The maximum atomic E-state index is 11.9. The highest BCUT2D eigenvalue weighted by Crippen LogP contribution is 2.26. The van der Waals surface area contributed by atoms with Gasteiger partial charge in [-0.05, 0) is 31.5 Å². The molecule has 0 aromatic heterocycles. The van der Waals surface area contributed by atoms with E-state index in [1.807, 2.05) is 13.0 Å². The second kappa shape index (κ2) is 8.76. The molecule has 1 atom stereocenters. The Balaban J connectivity index is 2.81. The van der Waals surface area contributed by atoms with Crippen LogP contribution >= 0.6 is 0 Å². The zero-order chi connectivity index (χ0) is 18.3. The summed E-state index contributed by atoms with van der Waals surface area (Å²) in [5.74, 6) is -0.192. The van der Waals surface area contributed by atoms with Crippen LogP contribution in [0.2, 0.25) is 0 Å². The maximum Gasteiger partial charge on any atom is 0.321 e. The number of nitrogens with zero attached hydrogens (tertiary/aromatic N) is 1. The lowest BCUT2D eigenvalue weighted by atomic mass is 10.2. The van der Waals surface area contributed by atoms with Crippen LogP contribution in [0.3, 0.4) is 0 Å². The average Bonchev–Trinajstić information content (AvgIpc) is 2.53. The number of imide groups is 1. The van der Waals surface area contributed by atoms with Gasteiger partial charge in [0, 0.05) is 21.1 Å². The first-order valence-electron chi connectivity index (χ1n) is 7.47. The van der Waals surface area contributed by atoms with Gasteiger partial charge in [0.1, 0.15) is 11.8 Å². The summed E-state index contributed by atoms with van der Waals surface area (Å²) in [5.41, 5.74) is 1.52. The van der Waals surface area contributed by atoms with Crippen LogP contribution in [-0.2, 0) is 9.59 Å². The van der Waals surface area contributed by atoms with E-state index in [0.717, 1.165) is 5.56 Å². The molecule has 0 saturated carbocycles. The number of amides is 4. The van der Waals surface area contributed by atoms with Crippen LogP contribution in [0.5, 0.6) is 5.75 Å². The highest BCUT2D eigenvalue weighted by atomic mass is 16.5. The molecule has 0 unspecified atom stereocenters. The maximum absolute atomic E-state index is 11.9. The fourth-order valence-electron chi connectivity index (χ4n) is 1.72. The molecule has 0 aliphatic carbocycles. The number of nitrogens with one attached hydrogen (secondary N) is 3. The van der Waals surface area contributed by atoms with Crippen molar-refractivity contribution in [1.29, 1.82) is 0 Å². The van der Waals surface area contributed by atoms with Crippen LogP contribution in [0.15, 0.2) is 18.2 Å². The zero-order valence-corrected chi connectivity index (χ0v) is 14.6. The van der Waals surface area contributed by atoms with E-state index >= 15 is 0 Å². The minimum absolute atomic E-state index is 0.107. The van der Waals surface area contributed by atoms with E-state index in [9.17, 15) is 14.4 Å². The fraction of sp³-hybridized carbons (Fsp3) is 0.438. The first-order chi connectivity index (χ1) is 11.2. The third kappa shape index (κ3) is 5.79. The van der Waals surface area contributed by atoms with Gasteiger partial charge in [-0.1, -0.05) is 6.07 Å². The molecule has 24 heavy (non-hydrogen) atoms. The number of likely N-dealkylation sites (N-methyl/N-ethyl adjacent to an activating group) is 1. The molecule has 0 bridgehead atoms. The van der Waals surface area contributed by atoms with Crippen molar-refractivity contribution in [3.8, 4) is 5.75 Å². The molecule has 1 aromatic carbocycles. The minimum atomic E-state index is -0.670. The van der Waals surface area contributed by atoms with Crippen molar-refractivity contribution in [3.05, 3.63) is 23.8 Å². The van der Waals surface area contributed by atoms with Crippen molar-refractivity contribution in [2.75, 3.05) is 33.1 Å². The van der Waals surface area contributed by atoms with Crippen LogP contribution in [-0.4, -0.2) is 56.5 Å². The summed E-state index contributed by atoms with van der Waals surface area (Å²) >= 11 is 0. The van der Waals surface area contributed by atoms with Crippen LogP contribution in [0, 0.1) is 6.92 Å². The van der Waals surface area contributed by atoms with E-state index in [2.05, 4.69) is 16.0 Å². The number of aryl methyl sites for hydroxylation is 1. The van der Waals surface area contributed by atoms with Crippen molar-refractivity contribution in [1.82, 2.24) is 15.5 Å². The standard InChI is InChI=1S/C16H24N4O4/c1-10-6-7-12(13(8-10)24-9-14(21)20(4)5)18-11(2)15(22)19-16(23)17-3/h6-8,11,18H,9H2,1-5H3,(H2,17,19,22,23)/t11-/m0/s1. The summed E-state index contributed by atoms with van der Waals surface area (Å²) in [6.07, 6.45) is 0. The van der Waals surface area contributed by atoms with Gasteiger partial charge in [0.25, 0.3) is 5.91 Å². The normalized spacial score (nSPS) is 11.2. The van der Waals surface area contributed by atoms with Gasteiger partial charge < -0.3 is 20.3 Å². The Morgan fingerprint density at radius 2 is 1.92 bits per heavy atom. The molecule has 0 aliphatic rings. The number of benzene rings is 1. The van der Waals surface area contributed by atoms with Crippen molar-refractivity contribution in [2.45, 2.75) is 19.9 Å². The number of hydrogen-bond donors (Lipinski definition) is 3. The Morgan fingerprint density at radius 3 is 2.50 bits per heavy atom. The topological polar surface area (TPSA) is 99.8 Å². The second-order valence-corrected chi connectivity index (χ2v) is 5.51. The molecule has 3 N–H and O–H groups in total. The molecule has 1 aromatic rings. The van der Waals surface area contributed by atoms with Gasteiger partial charge in [-0.15, -0.1) is 0 Å². The number of hydrogen-bond acceptors (Lipinski definition) is 5. The fourth-order valence-corrected chi connectivity index (χ4v) is 1.72. The summed E-state index contributed by atoms with van der Waals surface area (Å²) in [4.78, 5) is 36.2. The van der Waals surface area contributed by atoms with Crippen LogP contribution in [0.1, 0.15) is 12.5 Å². The number of rotatable bonds is 6. The van der Waals surface area contributed by atoms with Crippen LogP contribution < -0.4 is 20.7 Å². The van der Waals surface area contributed by atoms with Crippen molar-refractivity contribution in [2.24, 2.45) is 0 Å². The Labute approximate surface area is 141 Å². The molecule has 0 spiro atoms. The molecule has 0 radical (unpaired) electrons. The average molecular weight is 336 g/mol. The highest BCUT2D eigenvalue weighted by molar-refractivity contribution is 5.98. The summed E-state index contributed by atoms with van der Waals surface area (Å²) < 4.78 is 5.56. The van der Waals surface area contributed by atoms with E-state index in [0.29, 0.717) is 11.4 Å². The number of anilines is 1. The predicted molar refractivity (Wildman–Crippen MR) is 91.1 cm³/mol. The van der Waals surface area contributed by atoms with Crippen molar-refractivity contribution >= 4 is 23.5 Å². The Kier molecular flexibility index (Phi) is 7.03. The summed E-state index contributed by atoms with van der Waals surface area (Å²) in [7, 11) is 4.72. The van der Waals surface area contributed by atoms with Gasteiger partial charge in [-0.25, -0.2) is 4.79 Å². The molecule has 8 heteroatoms. The molecule has 0 saturated heterocycles. The largest absolute Gasteiger partial charge is 0.482 e. The van der Waals surface area contributed by atoms with E-state index in [1.54, 1.807) is 33.2 Å².